The largest absolute Gasteiger partial charge is 0.395 e. The van der Waals surface area contributed by atoms with Crippen molar-refractivity contribution < 1.29 is 9.90 Å². The van der Waals surface area contributed by atoms with E-state index in [1.165, 1.54) is 0 Å². The number of H-pyrrole nitrogens is 1. The lowest BCUT2D eigenvalue weighted by molar-refractivity contribution is 0.0732. The second-order valence-electron chi connectivity index (χ2n) is 3.78. The molecular formula is C12H15N3O2. The summed E-state index contributed by atoms with van der Waals surface area (Å²) in [6.45, 7) is 2.81. The van der Waals surface area contributed by atoms with E-state index >= 15 is 0 Å². The van der Waals surface area contributed by atoms with Crippen molar-refractivity contribution in [2.45, 2.75) is 6.92 Å². The number of nitrogens with zero attached hydrogens (tertiary/aromatic N) is 2. The standard InChI is InChI=1S/C12H15N3O2/c1-2-15(5-6-16)12(17)9-3-4-10-8-13-14-11(10)7-9/h3-4,7-8,16H,2,5-6H2,1H3,(H,13,14). The normalized spacial score (nSPS) is 10.7. The molecule has 2 rings (SSSR count). The number of carbonyl (C=O) groups excluding carboxylic acids is 1. The van der Waals surface area contributed by atoms with Gasteiger partial charge in [0.2, 0.25) is 0 Å². The number of benzene rings is 1. The number of aliphatic hydroxyl groups excluding tert-OH is 1. The zero-order chi connectivity index (χ0) is 12.3. The van der Waals surface area contributed by atoms with Gasteiger partial charge in [-0.15, -0.1) is 0 Å². The molecule has 2 N–H and O–H groups in total. The molecule has 1 heterocycles. The summed E-state index contributed by atoms with van der Waals surface area (Å²) >= 11 is 0. The maximum atomic E-state index is 12.1. The molecule has 0 bridgehead atoms. The Bertz CT molecular complexity index is 521. The summed E-state index contributed by atoms with van der Waals surface area (Å²) in [5.41, 5.74) is 1.45. The van der Waals surface area contributed by atoms with Crippen LogP contribution >= 0.6 is 0 Å². The van der Waals surface area contributed by atoms with Crippen molar-refractivity contribution in [3.8, 4) is 0 Å². The van der Waals surface area contributed by atoms with Crippen molar-refractivity contribution in [3.05, 3.63) is 30.0 Å². The van der Waals surface area contributed by atoms with Crippen molar-refractivity contribution >= 4 is 16.8 Å². The van der Waals surface area contributed by atoms with Gasteiger partial charge >= 0.3 is 0 Å². The Morgan fingerprint density at radius 2 is 2.35 bits per heavy atom. The van der Waals surface area contributed by atoms with E-state index in [-0.39, 0.29) is 12.5 Å². The number of carbonyl (C=O) groups is 1. The molecule has 0 fully saturated rings. The number of likely N-dealkylation sites (N-methyl/N-ethyl adjacent to an activating group) is 1. The van der Waals surface area contributed by atoms with Gasteiger partial charge in [0.1, 0.15) is 0 Å². The number of aromatic amines is 1. The van der Waals surface area contributed by atoms with Gasteiger partial charge < -0.3 is 10.0 Å². The number of aliphatic hydroxyl groups is 1. The van der Waals surface area contributed by atoms with Crippen LogP contribution < -0.4 is 0 Å². The molecule has 0 aliphatic rings. The molecule has 1 aromatic carbocycles. The lowest BCUT2D eigenvalue weighted by atomic mass is 10.1. The average molecular weight is 233 g/mol. The number of fused-ring (bicyclic) bond motifs is 1. The van der Waals surface area contributed by atoms with Gasteiger partial charge in [-0.2, -0.15) is 5.10 Å². The van der Waals surface area contributed by atoms with Crippen LogP contribution in [-0.2, 0) is 0 Å². The summed E-state index contributed by atoms with van der Waals surface area (Å²) in [4.78, 5) is 13.7. The monoisotopic (exact) mass is 233 g/mol. The highest BCUT2D eigenvalue weighted by molar-refractivity contribution is 5.97. The van der Waals surface area contributed by atoms with Crippen molar-refractivity contribution in [1.29, 1.82) is 0 Å². The Morgan fingerprint density at radius 3 is 3.06 bits per heavy atom. The van der Waals surface area contributed by atoms with Crippen LogP contribution in [-0.4, -0.2) is 45.8 Å². The summed E-state index contributed by atoms with van der Waals surface area (Å²) in [5.74, 6) is -0.0712. The van der Waals surface area contributed by atoms with E-state index in [2.05, 4.69) is 10.2 Å². The molecule has 5 nitrogen and oxygen atoms in total. The van der Waals surface area contributed by atoms with Crippen LogP contribution in [0.2, 0.25) is 0 Å². The number of aromatic nitrogens is 2. The molecule has 90 valence electrons. The summed E-state index contributed by atoms with van der Waals surface area (Å²) in [7, 11) is 0. The molecular weight excluding hydrogens is 218 g/mol. The Labute approximate surface area is 99.1 Å². The zero-order valence-corrected chi connectivity index (χ0v) is 9.68. The van der Waals surface area contributed by atoms with Gasteiger partial charge in [0.15, 0.2) is 0 Å². The van der Waals surface area contributed by atoms with E-state index in [0.29, 0.717) is 18.7 Å². The fraction of sp³-hybridized carbons (Fsp3) is 0.333. The maximum Gasteiger partial charge on any atom is 0.253 e. The number of hydrogen-bond donors (Lipinski definition) is 2. The fourth-order valence-electron chi connectivity index (χ4n) is 1.78. The Balaban J connectivity index is 2.28. The number of amides is 1. The SMILES string of the molecule is CCN(CCO)C(=O)c1ccc2cn[nH]c2c1. The van der Waals surface area contributed by atoms with Gasteiger partial charge in [-0.1, -0.05) is 6.07 Å². The quantitative estimate of drug-likeness (QED) is 0.828. The van der Waals surface area contributed by atoms with Crippen LogP contribution in [0.4, 0.5) is 0 Å². The minimum absolute atomic E-state index is 0.0219. The van der Waals surface area contributed by atoms with Crippen LogP contribution in [0.25, 0.3) is 10.9 Å². The highest BCUT2D eigenvalue weighted by Crippen LogP contribution is 2.14. The van der Waals surface area contributed by atoms with Crippen LogP contribution in [0, 0.1) is 0 Å². The third-order valence-corrected chi connectivity index (χ3v) is 2.73. The number of nitrogens with one attached hydrogen (secondary N) is 1. The fourth-order valence-corrected chi connectivity index (χ4v) is 1.78. The first kappa shape index (κ1) is 11.6. The minimum Gasteiger partial charge on any atom is -0.395 e. The van der Waals surface area contributed by atoms with E-state index < -0.39 is 0 Å². The Hall–Kier alpha value is -1.88. The maximum absolute atomic E-state index is 12.1. The van der Waals surface area contributed by atoms with Crippen LogP contribution in [0.1, 0.15) is 17.3 Å². The van der Waals surface area contributed by atoms with Crippen molar-refractivity contribution in [2.75, 3.05) is 19.7 Å². The molecule has 0 spiro atoms. The third-order valence-electron chi connectivity index (χ3n) is 2.73. The van der Waals surface area contributed by atoms with Crippen LogP contribution in [0.15, 0.2) is 24.4 Å². The van der Waals surface area contributed by atoms with Crippen LogP contribution in [0.3, 0.4) is 0 Å². The predicted octanol–water partition coefficient (Wildman–Crippen LogP) is 1.02. The zero-order valence-electron chi connectivity index (χ0n) is 9.68. The highest BCUT2D eigenvalue weighted by atomic mass is 16.3. The van der Waals surface area contributed by atoms with Gasteiger partial charge in [0.05, 0.1) is 18.3 Å². The summed E-state index contributed by atoms with van der Waals surface area (Å²) < 4.78 is 0. The van der Waals surface area contributed by atoms with E-state index in [1.807, 2.05) is 13.0 Å². The second kappa shape index (κ2) is 4.97. The first-order chi connectivity index (χ1) is 8.26. The van der Waals surface area contributed by atoms with Crippen molar-refractivity contribution in [1.82, 2.24) is 15.1 Å². The van der Waals surface area contributed by atoms with Crippen LogP contribution in [0.5, 0.6) is 0 Å². The van der Waals surface area contributed by atoms with Gasteiger partial charge in [0, 0.05) is 24.0 Å². The van der Waals surface area contributed by atoms with Crippen molar-refractivity contribution in [3.63, 3.8) is 0 Å². The second-order valence-corrected chi connectivity index (χ2v) is 3.78. The molecule has 0 aliphatic heterocycles. The molecule has 2 aromatic rings. The predicted molar refractivity (Wildman–Crippen MR) is 64.8 cm³/mol. The molecule has 17 heavy (non-hydrogen) atoms. The van der Waals surface area contributed by atoms with E-state index in [1.54, 1.807) is 23.2 Å². The Morgan fingerprint density at radius 1 is 1.53 bits per heavy atom. The Kier molecular flexibility index (Phi) is 3.39. The molecule has 0 unspecified atom stereocenters. The summed E-state index contributed by atoms with van der Waals surface area (Å²) in [5, 5.41) is 16.6. The first-order valence-corrected chi connectivity index (χ1v) is 5.59. The average Bonchev–Trinajstić information content (AvgIpc) is 2.82. The number of rotatable bonds is 4. The molecule has 5 heteroatoms. The molecule has 0 atom stereocenters. The summed E-state index contributed by atoms with van der Waals surface area (Å²) in [6.07, 6.45) is 1.72. The first-order valence-electron chi connectivity index (χ1n) is 5.59. The lowest BCUT2D eigenvalue weighted by Gasteiger charge is -2.19. The van der Waals surface area contributed by atoms with Gasteiger partial charge in [-0.3, -0.25) is 9.89 Å². The third kappa shape index (κ3) is 2.29. The van der Waals surface area contributed by atoms with Gasteiger partial charge in [-0.25, -0.2) is 0 Å². The highest BCUT2D eigenvalue weighted by Gasteiger charge is 2.13. The van der Waals surface area contributed by atoms with Crippen molar-refractivity contribution in [2.24, 2.45) is 0 Å². The smallest absolute Gasteiger partial charge is 0.253 e. The topological polar surface area (TPSA) is 69.2 Å². The summed E-state index contributed by atoms with van der Waals surface area (Å²) in [6, 6.07) is 5.42. The van der Waals surface area contributed by atoms with E-state index in [0.717, 1.165) is 10.9 Å². The molecule has 0 aliphatic carbocycles. The lowest BCUT2D eigenvalue weighted by Crippen LogP contribution is -2.33. The molecule has 1 amide bonds. The minimum atomic E-state index is -0.0712. The number of hydrogen-bond acceptors (Lipinski definition) is 3. The molecule has 0 saturated heterocycles. The molecule has 0 radical (unpaired) electrons. The van der Waals surface area contributed by atoms with Gasteiger partial charge in [-0.05, 0) is 19.1 Å². The van der Waals surface area contributed by atoms with E-state index in [9.17, 15) is 4.79 Å². The molecule has 0 saturated carbocycles. The van der Waals surface area contributed by atoms with Gasteiger partial charge in [0.25, 0.3) is 5.91 Å². The van der Waals surface area contributed by atoms with E-state index in [4.69, 9.17) is 5.11 Å². The molecule has 1 aromatic heterocycles.